The molecule has 196 valence electrons. The lowest BCUT2D eigenvalue weighted by atomic mass is 10.0. The number of nitrogens with one attached hydrogen (secondary N) is 3. The van der Waals surface area contributed by atoms with Crippen molar-refractivity contribution in [3.63, 3.8) is 0 Å². The lowest BCUT2D eigenvalue weighted by Crippen LogP contribution is -2.25. The van der Waals surface area contributed by atoms with Gasteiger partial charge in [0.2, 0.25) is 5.82 Å². The number of aryl methyl sites for hydroxylation is 1. The Balaban J connectivity index is 1.53. The Bertz CT molecular complexity index is 1680. The molecule has 1 unspecified atom stereocenters. The summed E-state index contributed by atoms with van der Waals surface area (Å²) in [5.74, 6) is -9.74. The highest BCUT2D eigenvalue weighted by Crippen LogP contribution is 2.30. The topological polar surface area (TPSA) is 91.4 Å². The minimum atomic E-state index is -2.21. The predicted molar refractivity (Wildman–Crippen MR) is 132 cm³/mol. The summed E-state index contributed by atoms with van der Waals surface area (Å²) in [6, 6.07) is 4.53. The molecule has 0 saturated carbocycles. The number of hydrogen-bond acceptors (Lipinski definition) is 4. The summed E-state index contributed by atoms with van der Waals surface area (Å²) in [4.78, 5) is 27.3. The fourth-order valence-corrected chi connectivity index (χ4v) is 4.38. The molecule has 5 aromatic rings. The highest BCUT2D eigenvalue weighted by molar-refractivity contribution is 5.86. The molecule has 0 saturated heterocycles. The molecular weight excluding hydrogens is 507 g/mol. The molecule has 7 nitrogen and oxygen atoms in total. The van der Waals surface area contributed by atoms with Gasteiger partial charge >= 0.3 is 0 Å². The molecule has 12 heteroatoms. The van der Waals surface area contributed by atoms with E-state index in [2.05, 4.69) is 25.3 Å². The first-order valence-electron chi connectivity index (χ1n) is 11.7. The zero-order valence-electron chi connectivity index (χ0n) is 20.2. The van der Waals surface area contributed by atoms with E-state index in [1.165, 1.54) is 12.3 Å². The molecule has 5 rings (SSSR count). The Hall–Kier alpha value is -4.48. The van der Waals surface area contributed by atoms with Gasteiger partial charge in [0, 0.05) is 35.9 Å². The molecule has 0 amide bonds. The maximum absolute atomic E-state index is 14.3. The number of aromatic amines is 2. The maximum Gasteiger partial charge on any atom is 0.261 e. The van der Waals surface area contributed by atoms with E-state index in [-0.39, 0.29) is 23.5 Å². The number of hydrogen-bond donors (Lipinski definition) is 3. The number of rotatable bonds is 7. The number of pyridine rings is 1. The van der Waals surface area contributed by atoms with Crippen LogP contribution in [0.15, 0.2) is 47.9 Å². The fraction of sp³-hybridized carbons (Fsp3) is 0.192. The predicted octanol–water partition coefficient (Wildman–Crippen LogP) is 5.54. The van der Waals surface area contributed by atoms with Crippen LogP contribution in [-0.2, 0) is 6.42 Å². The van der Waals surface area contributed by atoms with Crippen LogP contribution in [-0.4, -0.2) is 30.5 Å². The van der Waals surface area contributed by atoms with Crippen molar-refractivity contribution in [2.24, 2.45) is 0 Å². The smallest absolute Gasteiger partial charge is 0.261 e. The first-order valence-corrected chi connectivity index (χ1v) is 11.7. The molecule has 0 aliphatic rings. The number of benzene rings is 2. The van der Waals surface area contributed by atoms with Gasteiger partial charge in [0.15, 0.2) is 23.3 Å². The number of halogens is 5. The minimum Gasteiger partial charge on any atom is -0.381 e. The number of aromatic nitrogens is 5. The van der Waals surface area contributed by atoms with Crippen molar-refractivity contribution in [3.05, 3.63) is 93.7 Å². The molecule has 0 aliphatic heterocycles. The Morgan fingerprint density at radius 3 is 2.42 bits per heavy atom. The van der Waals surface area contributed by atoms with Crippen LogP contribution in [0.2, 0.25) is 0 Å². The van der Waals surface area contributed by atoms with Crippen molar-refractivity contribution in [2.75, 3.05) is 5.32 Å². The average molecular weight is 528 g/mol. The number of H-pyrrole nitrogens is 2. The first kappa shape index (κ1) is 25.2. The first-order chi connectivity index (χ1) is 18.2. The number of anilines is 1. The van der Waals surface area contributed by atoms with E-state index in [0.717, 1.165) is 11.3 Å². The molecule has 3 heterocycles. The Morgan fingerprint density at radius 2 is 1.76 bits per heavy atom. The monoisotopic (exact) mass is 528 g/mol. The Morgan fingerprint density at radius 1 is 1.05 bits per heavy atom. The number of imidazole rings is 2. The van der Waals surface area contributed by atoms with Gasteiger partial charge in [0.1, 0.15) is 11.4 Å². The van der Waals surface area contributed by atoms with Crippen molar-refractivity contribution >= 4 is 16.7 Å². The van der Waals surface area contributed by atoms with Crippen LogP contribution in [0.4, 0.5) is 27.6 Å². The van der Waals surface area contributed by atoms with Gasteiger partial charge in [-0.15, -0.1) is 0 Å². The standard InChI is InChI=1S/C26H21F5N6O/c1-3-13(9-15-19(27)21(29)23(31)22(30)20(15)28)34-16-4-5-33-26(38)18(16)25-35-17-10-14(37-7-6-32-11-37)8-12(2)24(17)36-25/h4-8,10-11,13H,3,9H2,1-2H3,(H,35,36)(H2,33,34,38). The molecular formula is C26H21F5N6O. The zero-order valence-corrected chi connectivity index (χ0v) is 20.2. The van der Waals surface area contributed by atoms with Crippen LogP contribution in [0.1, 0.15) is 24.5 Å². The molecule has 3 aromatic heterocycles. The van der Waals surface area contributed by atoms with Crippen LogP contribution >= 0.6 is 0 Å². The molecule has 2 aromatic carbocycles. The second-order valence-electron chi connectivity index (χ2n) is 8.81. The van der Waals surface area contributed by atoms with E-state index in [9.17, 15) is 26.7 Å². The third kappa shape index (κ3) is 4.31. The number of nitrogens with zero attached hydrogens (tertiary/aromatic N) is 3. The summed E-state index contributed by atoms with van der Waals surface area (Å²) < 4.78 is 71.4. The van der Waals surface area contributed by atoms with Crippen molar-refractivity contribution in [3.8, 4) is 17.1 Å². The van der Waals surface area contributed by atoms with Gasteiger partial charge in [0.05, 0.1) is 23.0 Å². The van der Waals surface area contributed by atoms with Crippen molar-refractivity contribution in [1.29, 1.82) is 0 Å². The second-order valence-corrected chi connectivity index (χ2v) is 8.81. The van der Waals surface area contributed by atoms with Crippen LogP contribution in [0, 0.1) is 36.0 Å². The fourth-order valence-electron chi connectivity index (χ4n) is 4.38. The minimum absolute atomic E-state index is 0.128. The van der Waals surface area contributed by atoms with Gasteiger partial charge in [-0.1, -0.05) is 6.92 Å². The van der Waals surface area contributed by atoms with Crippen molar-refractivity contribution in [2.45, 2.75) is 32.7 Å². The van der Waals surface area contributed by atoms with Gasteiger partial charge in [-0.05, 0) is 43.5 Å². The molecule has 1 atom stereocenters. The molecule has 0 bridgehead atoms. The summed E-state index contributed by atoms with van der Waals surface area (Å²) in [6.45, 7) is 3.55. The normalized spacial score (nSPS) is 12.3. The quantitative estimate of drug-likeness (QED) is 0.147. The summed E-state index contributed by atoms with van der Waals surface area (Å²) in [5.41, 5.74) is 1.94. The van der Waals surface area contributed by atoms with Crippen LogP contribution in [0.25, 0.3) is 28.1 Å². The summed E-state index contributed by atoms with van der Waals surface area (Å²) >= 11 is 0. The van der Waals surface area contributed by atoms with Gasteiger partial charge in [-0.25, -0.2) is 31.9 Å². The van der Waals surface area contributed by atoms with Gasteiger partial charge < -0.3 is 19.9 Å². The van der Waals surface area contributed by atoms with E-state index in [1.807, 2.05) is 23.6 Å². The second kappa shape index (κ2) is 9.77. The SMILES string of the molecule is CCC(Cc1c(F)c(F)c(F)c(F)c1F)Nc1cc[nH]c(=O)c1-c1nc2c(C)cc(-n3ccnc3)cc2[nH]1. The average Bonchev–Trinajstić information content (AvgIpc) is 3.59. The Kier molecular flexibility index (Phi) is 6.47. The highest BCUT2D eigenvalue weighted by atomic mass is 19.2. The summed E-state index contributed by atoms with van der Waals surface area (Å²) in [5, 5.41) is 3.02. The molecule has 0 aliphatic carbocycles. The lowest BCUT2D eigenvalue weighted by molar-refractivity contribution is 0.368. The molecule has 0 radical (unpaired) electrons. The van der Waals surface area contributed by atoms with Gasteiger partial charge in [-0.3, -0.25) is 4.79 Å². The van der Waals surface area contributed by atoms with Crippen LogP contribution in [0.5, 0.6) is 0 Å². The van der Waals surface area contributed by atoms with E-state index >= 15 is 0 Å². The van der Waals surface area contributed by atoms with E-state index in [4.69, 9.17) is 0 Å². The van der Waals surface area contributed by atoms with Crippen molar-refractivity contribution in [1.82, 2.24) is 24.5 Å². The number of fused-ring (bicyclic) bond motifs is 1. The third-order valence-corrected chi connectivity index (χ3v) is 6.37. The third-order valence-electron chi connectivity index (χ3n) is 6.37. The van der Waals surface area contributed by atoms with Gasteiger partial charge in [-0.2, -0.15) is 0 Å². The summed E-state index contributed by atoms with van der Waals surface area (Å²) in [6.07, 6.45) is 6.20. The largest absolute Gasteiger partial charge is 0.381 e. The summed E-state index contributed by atoms with van der Waals surface area (Å²) in [7, 11) is 0. The zero-order chi connectivity index (χ0) is 27.1. The maximum atomic E-state index is 14.3. The van der Waals surface area contributed by atoms with Crippen LogP contribution < -0.4 is 10.9 Å². The van der Waals surface area contributed by atoms with Gasteiger partial charge in [0.25, 0.3) is 5.56 Å². The van der Waals surface area contributed by atoms with Crippen LogP contribution in [0.3, 0.4) is 0 Å². The van der Waals surface area contributed by atoms with E-state index in [1.54, 1.807) is 25.6 Å². The van der Waals surface area contributed by atoms with Crippen molar-refractivity contribution < 1.29 is 22.0 Å². The Labute approximate surface area is 212 Å². The lowest BCUT2D eigenvalue weighted by Gasteiger charge is -2.20. The van der Waals surface area contributed by atoms with E-state index in [0.29, 0.717) is 11.0 Å². The molecule has 38 heavy (non-hydrogen) atoms. The molecule has 0 spiro atoms. The molecule has 3 N–H and O–H groups in total. The molecule has 0 fully saturated rings. The highest BCUT2D eigenvalue weighted by Gasteiger charge is 2.27. The van der Waals surface area contributed by atoms with E-state index < -0.39 is 52.7 Å².